The Morgan fingerprint density at radius 1 is 1.44 bits per heavy atom. The van der Waals surface area contributed by atoms with Crippen LogP contribution in [0.2, 0.25) is 0 Å². The second-order valence-corrected chi connectivity index (χ2v) is 6.38. The van der Waals surface area contributed by atoms with Crippen molar-refractivity contribution in [3.63, 3.8) is 0 Å². The standard InChI is InChI=1S/C14H19ClS/c1-3-11(10(2)15)8-12-9-16-14-7-5-4-6-13(12)14/h4-7,10-12H,3,8-9H2,1-2H3. The zero-order valence-electron chi connectivity index (χ0n) is 9.95. The summed E-state index contributed by atoms with van der Waals surface area (Å²) >= 11 is 8.24. The molecule has 16 heavy (non-hydrogen) atoms. The van der Waals surface area contributed by atoms with Crippen LogP contribution in [-0.2, 0) is 0 Å². The molecule has 0 bridgehead atoms. The molecule has 0 fully saturated rings. The summed E-state index contributed by atoms with van der Waals surface area (Å²) in [5.41, 5.74) is 1.54. The summed E-state index contributed by atoms with van der Waals surface area (Å²) in [5, 5.41) is 0.294. The highest BCUT2D eigenvalue weighted by Crippen LogP contribution is 2.43. The first kappa shape index (κ1) is 12.3. The van der Waals surface area contributed by atoms with Crippen LogP contribution in [0.1, 0.15) is 38.2 Å². The predicted molar refractivity (Wildman–Crippen MR) is 73.6 cm³/mol. The minimum absolute atomic E-state index is 0.294. The molecule has 0 N–H and O–H groups in total. The Kier molecular flexibility index (Phi) is 4.21. The number of hydrogen-bond donors (Lipinski definition) is 0. The molecule has 0 saturated carbocycles. The van der Waals surface area contributed by atoms with Gasteiger partial charge in [0.1, 0.15) is 0 Å². The van der Waals surface area contributed by atoms with Crippen LogP contribution in [0.5, 0.6) is 0 Å². The van der Waals surface area contributed by atoms with Crippen LogP contribution < -0.4 is 0 Å². The van der Waals surface area contributed by atoms with Crippen LogP contribution in [0.15, 0.2) is 29.2 Å². The van der Waals surface area contributed by atoms with Gasteiger partial charge in [-0.15, -0.1) is 23.4 Å². The summed E-state index contributed by atoms with van der Waals surface area (Å²) in [7, 11) is 0. The molecule has 1 aromatic carbocycles. The molecule has 0 nitrogen and oxygen atoms in total. The highest BCUT2D eigenvalue weighted by molar-refractivity contribution is 7.99. The molecule has 1 aromatic rings. The van der Waals surface area contributed by atoms with E-state index in [1.807, 2.05) is 11.8 Å². The van der Waals surface area contributed by atoms with E-state index >= 15 is 0 Å². The first-order valence-corrected chi connectivity index (χ1v) is 7.50. The van der Waals surface area contributed by atoms with Gasteiger partial charge in [-0.2, -0.15) is 0 Å². The minimum Gasteiger partial charge on any atom is -0.125 e. The summed E-state index contributed by atoms with van der Waals surface area (Å²) in [6.45, 7) is 4.38. The van der Waals surface area contributed by atoms with Crippen LogP contribution in [0, 0.1) is 5.92 Å². The van der Waals surface area contributed by atoms with E-state index in [1.54, 1.807) is 5.56 Å². The monoisotopic (exact) mass is 254 g/mol. The van der Waals surface area contributed by atoms with Gasteiger partial charge in [0.05, 0.1) is 0 Å². The third-order valence-corrected chi connectivity index (χ3v) is 5.17. The van der Waals surface area contributed by atoms with Gasteiger partial charge in [-0.05, 0) is 36.8 Å². The first-order valence-electron chi connectivity index (χ1n) is 6.08. The van der Waals surface area contributed by atoms with Crippen molar-refractivity contribution < 1.29 is 0 Å². The number of halogens is 1. The third-order valence-electron chi connectivity index (χ3n) is 3.56. The zero-order valence-corrected chi connectivity index (χ0v) is 11.5. The quantitative estimate of drug-likeness (QED) is 0.688. The summed E-state index contributed by atoms with van der Waals surface area (Å²) < 4.78 is 0. The highest BCUT2D eigenvalue weighted by atomic mass is 35.5. The average molecular weight is 255 g/mol. The molecule has 0 amide bonds. The molecule has 1 aliphatic heterocycles. The smallest absolute Gasteiger partial charge is 0.0336 e. The Hall–Kier alpha value is -0.140. The molecule has 2 heteroatoms. The Balaban J connectivity index is 2.08. The Labute approximate surface area is 108 Å². The number of fused-ring (bicyclic) bond motifs is 1. The molecule has 0 aromatic heterocycles. The molecule has 88 valence electrons. The van der Waals surface area contributed by atoms with Crippen LogP contribution in [0.4, 0.5) is 0 Å². The Morgan fingerprint density at radius 2 is 2.19 bits per heavy atom. The molecule has 0 saturated heterocycles. The lowest BCUT2D eigenvalue weighted by atomic mass is 9.87. The van der Waals surface area contributed by atoms with Gasteiger partial charge in [0.15, 0.2) is 0 Å². The predicted octanol–water partition coefficient (Wildman–Crippen LogP) is 4.92. The van der Waals surface area contributed by atoms with Gasteiger partial charge in [0, 0.05) is 16.0 Å². The van der Waals surface area contributed by atoms with Gasteiger partial charge in [-0.25, -0.2) is 0 Å². The van der Waals surface area contributed by atoms with Crippen molar-refractivity contribution in [3.8, 4) is 0 Å². The molecular weight excluding hydrogens is 236 g/mol. The van der Waals surface area contributed by atoms with E-state index in [9.17, 15) is 0 Å². The number of hydrogen-bond acceptors (Lipinski definition) is 1. The fraction of sp³-hybridized carbons (Fsp3) is 0.571. The molecule has 3 unspecified atom stereocenters. The maximum absolute atomic E-state index is 6.24. The van der Waals surface area contributed by atoms with Crippen LogP contribution in [-0.4, -0.2) is 11.1 Å². The second kappa shape index (κ2) is 5.46. The van der Waals surface area contributed by atoms with E-state index in [1.165, 1.54) is 23.5 Å². The molecule has 0 aliphatic carbocycles. The van der Waals surface area contributed by atoms with E-state index in [4.69, 9.17) is 11.6 Å². The normalized spacial score (nSPS) is 22.8. The van der Waals surface area contributed by atoms with Crippen molar-refractivity contribution in [2.24, 2.45) is 5.92 Å². The lowest BCUT2D eigenvalue weighted by Crippen LogP contribution is -2.14. The highest BCUT2D eigenvalue weighted by Gasteiger charge is 2.26. The molecule has 0 radical (unpaired) electrons. The van der Waals surface area contributed by atoms with Gasteiger partial charge in [0.2, 0.25) is 0 Å². The van der Waals surface area contributed by atoms with Crippen molar-refractivity contribution in [2.75, 3.05) is 5.75 Å². The zero-order chi connectivity index (χ0) is 11.5. The van der Waals surface area contributed by atoms with Crippen LogP contribution >= 0.6 is 23.4 Å². The van der Waals surface area contributed by atoms with Gasteiger partial charge in [0.25, 0.3) is 0 Å². The lowest BCUT2D eigenvalue weighted by molar-refractivity contribution is 0.431. The van der Waals surface area contributed by atoms with Crippen LogP contribution in [0.25, 0.3) is 0 Å². The first-order chi connectivity index (χ1) is 7.72. The lowest BCUT2D eigenvalue weighted by Gasteiger charge is -2.21. The van der Waals surface area contributed by atoms with E-state index in [0.717, 1.165) is 0 Å². The molecule has 1 aliphatic rings. The number of thioether (sulfide) groups is 1. The maximum atomic E-state index is 6.24. The van der Waals surface area contributed by atoms with Crippen molar-refractivity contribution in [2.45, 2.75) is 42.9 Å². The summed E-state index contributed by atoms with van der Waals surface area (Å²) in [6, 6.07) is 8.81. The van der Waals surface area contributed by atoms with E-state index < -0.39 is 0 Å². The van der Waals surface area contributed by atoms with Crippen molar-refractivity contribution >= 4 is 23.4 Å². The summed E-state index contributed by atoms with van der Waals surface area (Å²) in [5.74, 6) is 2.60. The summed E-state index contributed by atoms with van der Waals surface area (Å²) in [4.78, 5) is 1.48. The minimum atomic E-state index is 0.294. The van der Waals surface area contributed by atoms with Crippen molar-refractivity contribution in [1.82, 2.24) is 0 Å². The topological polar surface area (TPSA) is 0 Å². The Bertz CT molecular complexity index is 348. The number of benzene rings is 1. The van der Waals surface area contributed by atoms with E-state index in [-0.39, 0.29) is 0 Å². The number of alkyl halides is 1. The van der Waals surface area contributed by atoms with Crippen molar-refractivity contribution in [1.29, 1.82) is 0 Å². The second-order valence-electron chi connectivity index (χ2n) is 4.63. The largest absolute Gasteiger partial charge is 0.125 e. The van der Waals surface area contributed by atoms with Gasteiger partial charge < -0.3 is 0 Å². The SMILES string of the molecule is CCC(CC1CSc2ccccc21)C(C)Cl. The van der Waals surface area contributed by atoms with Crippen molar-refractivity contribution in [3.05, 3.63) is 29.8 Å². The Morgan fingerprint density at radius 3 is 2.88 bits per heavy atom. The van der Waals surface area contributed by atoms with Gasteiger partial charge >= 0.3 is 0 Å². The fourth-order valence-corrected chi connectivity index (χ4v) is 4.02. The van der Waals surface area contributed by atoms with Gasteiger partial charge in [-0.1, -0.05) is 31.5 Å². The van der Waals surface area contributed by atoms with Crippen LogP contribution in [0.3, 0.4) is 0 Å². The van der Waals surface area contributed by atoms with E-state index in [0.29, 0.717) is 17.2 Å². The number of rotatable bonds is 4. The molecule has 0 spiro atoms. The maximum Gasteiger partial charge on any atom is 0.0336 e. The third kappa shape index (κ3) is 2.57. The van der Waals surface area contributed by atoms with Gasteiger partial charge in [-0.3, -0.25) is 0 Å². The average Bonchev–Trinajstić information content (AvgIpc) is 2.69. The van der Waals surface area contributed by atoms with E-state index in [2.05, 4.69) is 38.1 Å². The fourth-order valence-electron chi connectivity index (χ4n) is 2.47. The molecule has 3 atom stereocenters. The summed E-state index contributed by atoms with van der Waals surface area (Å²) in [6.07, 6.45) is 2.43. The molecule has 2 rings (SSSR count). The molecular formula is C14H19ClS. The molecule has 1 heterocycles.